The molecule has 1 aliphatic rings. The van der Waals surface area contributed by atoms with E-state index in [1.165, 1.54) is 12.1 Å². The molecule has 7 heteroatoms. The summed E-state index contributed by atoms with van der Waals surface area (Å²) in [6, 6.07) is 14.4. The van der Waals surface area contributed by atoms with Crippen LogP contribution in [0, 0.1) is 0 Å². The van der Waals surface area contributed by atoms with Crippen molar-refractivity contribution in [3.8, 4) is 0 Å². The Morgan fingerprint density at radius 2 is 1.79 bits per heavy atom. The minimum atomic E-state index is -0.964. The highest BCUT2D eigenvalue weighted by molar-refractivity contribution is 5.87. The molecule has 1 saturated heterocycles. The van der Waals surface area contributed by atoms with Crippen molar-refractivity contribution < 1.29 is 19.4 Å². The van der Waals surface area contributed by atoms with E-state index in [2.05, 4.69) is 16.3 Å². The van der Waals surface area contributed by atoms with E-state index in [-0.39, 0.29) is 11.6 Å². The molecule has 1 heterocycles. The monoisotopic (exact) mass is 383 g/mol. The highest BCUT2D eigenvalue weighted by Gasteiger charge is 2.17. The number of morpholine rings is 1. The molecule has 2 aromatic carbocycles. The van der Waals surface area contributed by atoms with E-state index in [0.717, 1.165) is 29.9 Å². The van der Waals surface area contributed by atoms with Gasteiger partial charge in [-0.05, 0) is 29.3 Å². The molecular formula is C21H25N3O4. The number of hydrogen-bond acceptors (Lipinski definition) is 4. The maximum atomic E-state index is 12.5. The smallest absolute Gasteiger partial charge is 0.335 e. The van der Waals surface area contributed by atoms with Crippen molar-refractivity contribution in [2.75, 3.05) is 38.3 Å². The minimum Gasteiger partial charge on any atom is -0.478 e. The first-order chi connectivity index (χ1) is 13.5. The molecule has 28 heavy (non-hydrogen) atoms. The summed E-state index contributed by atoms with van der Waals surface area (Å²) in [5.41, 5.74) is 3.30. The highest BCUT2D eigenvalue weighted by atomic mass is 16.5. The molecule has 0 radical (unpaired) electrons. The molecule has 1 fully saturated rings. The summed E-state index contributed by atoms with van der Waals surface area (Å²) in [4.78, 5) is 27.3. The van der Waals surface area contributed by atoms with Gasteiger partial charge in [-0.2, -0.15) is 0 Å². The third-order valence-corrected chi connectivity index (χ3v) is 4.74. The summed E-state index contributed by atoms with van der Waals surface area (Å²) in [7, 11) is 1.76. The second kappa shape index (κ2) is 9.23. The lowest BCUT2D eigenvalue weighted by Crippen LogP contribution is -2.39. The van der Waals surface area contributed by atoms with Crippen LogP contribution in [0.1, 0.15) is 21.5 Å². The molecule has 7 nitrogen and oxygen atoms in total. The SMILES string of the molecule is CN(Cc1ccccc1N1CCOCC1)C(=O)NCc1ccc(C(=O)O)cc1. The first-order valence-corrected chi connectivity index (χ1v) is 9.26. The van der Waals surface area contributed by atoms with Gasteiger partial charge in [0.1, 0.15) is 0 Å². The van der Waals surface area contributed by atoms with Crippen LogP contribution in [0.5, 0.6) is 0 Å². The normalized spacial score (nSPS) is 13.8. The van der Waals surface area contributed by atoms with Crippen LogP contribution in [0.3, 0.4) is 0 Å². The van der Waals surface area contributed by atoms with E-state index in [9.17, 15) is 9.59 Å². The number of carboxylic acid groups (broad SMARTS) is 1. The number of aromatic carboxylic acids is 1. The van der Waals surface area contributed by atoms with E-state index in [1.54, 1.807) is 24.1 Å². The zero-order chi connectivity index (χ0) is 19.9. The summed E-state index contributed by atoms with van der Waals surface area (Å²) in [6.07, 6.45) is 0. The van der Waals surface area contributed by atoms with Crippen molar-refractivity contribution in [3.63, 3.8) is 0 Å². The standard InChI is InChI=1S/C21H25N3O4/c1-23(21(27)22-14-16-6-8-17(9-7-16)20(25)26)15-18-4-2-3-5-19(18)24-10-12-28-13-11-24/h2-9H,10-15H2,1H3,(H,22,27)(H,25,26). The van der Waals surface area contributed by atoms with Crippen molar-refractivity contribution >= 4 is 17.7 Å². The number of anilines is 1. The molecule has 2 amide bonds. The minimum absolute atomic E-state index is 0.181. The number of carbonyl (C=O) groups excluding carboxylic acids is 1. The molecule has 0 atom stereocenters. The summed E-state index contributed by atoms with van der Waals surface area (Å²) >= 11 is 0. The second-order valence-electron chi connectivity index (χ2n) is 6.74. The average Bonchev–Trinajstić information content (AvgIpc) is 2.73. The number of ether oxygens (including phenoxy) is 1. The number of hydrogen-bond donors (Lipinski definition) is 2. The topological polar surface area (TPSA) is 82.1 Å². The Hall–Kier alpha value is -3.06. The molecular weight excluding hydrogens is 358 g/mol. The van der Waals surface area contributed by atoms with Crippen molar-refractivity contribution in [1.29, 1.82) is 0 Å². The average molecular weight is 383 g/mol. The number of urea groups is 1. The number of benzene rings is 2. The molecule has 0 bridgehead atoms. The number of para-hydroxylation sites is 1. The lowest BCUT2D eigenvalue weighted by molar-refractivity contribution is 0.0697. The van der Waals surface area contributed by atoms with Crippen LogP contribution in [0.4, 0.5) is 10.5 Å². The van der Waals surface area contributed by atoms with Crippen LogP contribution in [0.15, 0.2) is 48.5 Å². The molecule has 1 aliphatic heterocycles. The Bertz CT molecular complexity index is 817. The van der Waals surface area contributed by atoms with Crippen LogP contribution in [0.2, 0.25) is 0 Å². The van der Waals surface area contributed by atoms with Crippen LogP contribution in [-0.4, -0.2) is 55.4 Å². The van der Waals surface area contributed by atoms with Crippen molar-refractivity contribution in [2.45, 2.75) is 13.1 Å². The number of carboxylic acids is 1. The van der Waals surface area contributed by atoms with Crippen LogP contribution in [-0.2, 0) is 17.8 Å². The Kier molecular flexibility index (Phi) is 6.49. The predicted octanol–water partition coefficient (Wildman–Crippen LogP) is 2.56. The number of nitrogens with zero attached hydrogens (tertiary/aromatic N) is 2. The van der Waals surface area contributed by atoms with Gasteiger partial charge in [-0.15, -0.1) is 0 Å². The summed E-state index contributed by atoms with van der Waals surface area (Å²) in [5, 5.41) is 11.8. The lowest BCUT2D eigenvalue weighted by atomic mass is 10.1. The molecule has 0 unspecified atom stereocenters. The van der Waals surface area contributed by atoms with Gasteiger partial charge in [0.2, 0.25) is 0 Å². The summed E-state index contributed by atoms with van der Waals surface area (Å²) < 4.78 is 5.43. The fourth-order valence-corrected chi connectivity index (χ4v) is 3.16. The molecule has 2 N–H and O–H groups in total. The number of rotatable bonds is 6. The van der Waals surface area contributed by atoms with E-state index >= 15 is 0 Å². The van der Waals surface area contributed by atoms with Crippen molar-refractivity contribution in [1.82, 2.24) is 10.2 Å². The zero-order valence-corrected chi connectivity index (χ0v) is 15.9. The van der Waals surface area contributed by atoms with E-state index < -0.39 is 5.97 Å². The van der Waals surface area contributed by atoms with Gasteiger partial charge in [-0.3, -0.25) is 0 Å². The van der Waals surface area contributed by atoms with Gasteiger partial charge in [0.05, 0.1) is 18.8 Å². The van der Waals surface area contributed by atoms with E-state index in [0.29, 0.717) is 26.3 Å². The molecule has 2 aromatic rings. The zero-order valence-electron chi connectivity index (χ0n) is 15.9. The first-order valence-electron chi connectivity index (χ1n) is 9.26. The van der Waals surface area contributed by atoms with Gasteiger partial charge in [0.15, 0.2) is 0 Å². The third kappa shape index (κ3) is 5.01. The van der Waals surface area contributed by atoms with Crippen LogP contribution < -0.4 is 10.2 Å². The van der Waals surface area contributed by atoms with Crippen molar-refractivity contribution in [2.24, 2.45) is 0 Å². The quantitative estimate of drug-likeness (QED) is 0.801. The highest BCUT2D eigenvalue weighted by Crippen LogP contribution is 2.22. The second-order valence-corrected chi connectivity index (χ2v) is 6.74. The largest absolute Gasteiger partial charge is 0.478 e. The van der Waals surface area contributed by atoms with Gasteiger partial charge in [0, 0.05) is 38.9 Å². The third-order valence-electron chi connectivity index (χ3n) is 4.74. The number of nitrogens with one attached hydrogen (secondary N) is 1. The Morgan fingerprint density at radius 3 is 2.46 bits per heavy atom. The summed E-state index contributed by atoms with van der Waals surface area (Å²) in [5.74, 6) is -0.964. The Balaban J connectivity index is 1.57. The fourth-order valence-electron chi connectivity index (χ4n) is 3.16. The predicted molar refractivity (Wildman–Crippen MR) is 107 cm³/mol. The van der Waals surface area contributed by atoms with E-state index in [1.807, 2.05) is 18.2 Å². The van der Waals surface area contributed by atoms with Crippen LogP contribution in [0.25, 0.3) is 0 Å². The molecule has 3 rings (SSSR count). The molecule has 0 aliphatic carbocycles. The lowest BCUT2D eigenvalue weighted by Gasteiger charge is -2.31. The van der Waals surface area contributed by atoms with Gasteiger partial charge in [-0.25, -0.2) is 9.59 Å². The van der Waals surface area contributed by atoms with Gasteiger partial charge >= 0.3 is 12.0 Å². The molecule has 0 aromatic heterocycles. The Morgan fingerprint density at radius 1 is 1.11 bits per heavy atom. The molecule has 0 spiro atoms. The fraction of sp³-hybridized carbons (Fsp3) is 0.333. The van der Waals surface area contributed by atoms with Crippen molar-refractivity contribution in [3.05, 3.63) is 65.2 Å². The first kappa shape index (κ1) is 19.7. The van der Waals surface area contributed by atoms with Gasteiger partial charge < -0.3 is 25.0 Å². The van der Waals surface area contributed by atoms with E-state index in [4.69, 9.17) is 9.84 Å². The van der Waals surface area contributed by atoms with Gasteiger partial charge in [0.25, 0.3) is 0 Å². The number of carbonyl (C=O) groups is 2. The molecule has 0 saturated carbocycles. The number of amides is 2. The Labute approximate surface area is 164 Å². The van der Waals surface area contributed by atoms with Crippen LogP contribution >= 0.6 is 0 Å². The van der Waals surface area contributed by atoms with Gasteiger partial charge in [-0.1, -0.05) is 30.3 Å². The maximum absolute atomic E-state index is 12.5. The molecule has 148 valence electrons. The maximum Gasteiger partial charge on any atom is 0.335 e. The summed E-state index contributed by atoms with van der Waals surface area (Å²) in [6.45, 7) is 3.96.